The summed E-state index contributed by atoms with van der Waals surface area (Å²) >= 11 is 0. The molecule has 0 fully saturated rings. The first kappa shape index (κ1) is 10.7. The zero-order valence-corrected chi connectivity index (χ0v) is 9.45. The minimum absolute atomic E-state index is 0.0983. The van der Waals surface area contributed by atoms with Crippen molar-refractivity contribution >= 4 is 0 Å². The van der Waals surface area contributed by atoms with Gasteiger partial charge in [-0.2, -0.15) is 0 Å². The molecule has 0 spiro atoms. The fourth-order valence-corrected chi connectivity index (χ4v) is 1.74. The number of H-pyrrole nitrogens is 1. The van der Waals surface area contributed by atoms with Gasteiger partial charge in [0, 0.05) is 18.4 Å². The van der Waals surface area contributed by atoms with E-state index in [0.29, 0.717) is 0 Å². The van der Waals surface area contributed by atoms with E-state index in [9.17, 15) is 4.79 Å². The SMILES string of the molecule is CNCc1ccc(-n2c(C)c[nH]c2=O)cc1. The van der Waals surface area contributed by atoms with Gasteiger partial charge in [-0.25, -0.2) is 4.79 Å². The van der Waals surface area contributed by atoms with Gasteiger partial charge in [0.05, 0.1) is 5.69 Å². The van der Waals surface area contributed by atoms with Crippen LogP contribution < -0.4 is 11.0 Å². The van der Waals surface area contributed by atoms with E-state index in [-0.39, 0.29) is 5.69 Å². The van der Waals surface area contributed by atoms with Gasteiger partial charge in [-0.1, -0.05) is 12.1 Å². The number of aromatic nitrogens is 2. The Balaban J connectivity index is 2.39. The molecule has 2 rings (SSSR count). The van der Waals surface area contributed by atoms with E-state index in [0.717, 1.165) is 17.9 Å². The minimum atomic E-state index is -0.0983. The summed E-state index contributed by atoms with van der Waals surface area (Å²) in [5.74, 6) is 0. The quantitative estimate of drug-likeness (QED) is 0.811. The van der Waals surface area contributed by atoms with Crippen LogP contribution in [-0.2, 0) is 6.54 Å². The zero-order valence-electron chi connectivity index (χ0n) is 9.45. The second-order valence-electron chi connectivity index (χ2n) is 3.77. The molecule has 84 valence electrons. The summed E-state index contributed by atoms with van der Waals surface area (Å²) in [7, 11) is 1.91. The van der Waals surface area contributed by atoms with E-state index < -0.39 is 0 Å². The Bertz CT molecular complexity index is 522. The van der Waals surface area contributed by atoms with Gasteiger partial charge in [0.2, 0.25) is 0 Å². The van der Waals surface area contributed by atoms with Crippen LogP contribution in [0, 0.1) is 6.92 Å². The van der Waals surface area contributed by atoms with Gasteiger partial charge < -0.3 is 10.3 Å². The smallest absolute Gasteiger partial charge is 0.316 e. The Labute approximate surface area is 93.9 Å². The van der Waals surface area contributed by atoms with Crippen LogP contribution in [0.1, 0.15) is 11.3 Å². The number of benzene rings is 1. The third kappa shape index (κ3) is 1.92. The Kier molecular flexibility index (Phi) is 2.92. The lowest BCUT2D eigenvalue weighted by Gasteiger charge is -2.05. The standard InChI is InChI=1S/C12H15N3O/c1-9-7-14-12(16)15(9)11-5-3-10(4-6-11)8-13-2/h3-7,13H,8H2,1-2H3,(H,14,16). The molecule has 0 aliphatic rings. The first-order chi connectivity index (χ1) is 7.72. The van der Waals surface area contributed by atoms with E-state index >= 15 is 0 Å². The zero-order chi connectivity index (χ0) is 11.5. The van der Waals surface area contributed by atoms with E-state index in [1.54, 1.807) is 10.8 Å². The Morgan fingerprint density at radius 2 is 2.00 bits per heavy atom. The van der Waals surface area contributed by atoms with Gasteiger partial charge in [-0.15, -0.1) is 0 Å². The Morgan fingerprint density at radius 1 is 1.31 bits per heavy atom. The molecular formula is C12H15N3O. The number of nitrogens with one attached hydrogen (secondary N) is 2. The van der Waals surface area contributed by atoms with Gasteiger partial charge in [0.15, 0.2) is 0 Å². The maximum absolute atomic E-state index is 11.5. The molecule has 1 aromatic heterocycles. The van der Waals surface area contributed by atoms with Crippen LogP contribution in [0.25, 0.3) is 5.69 Å². The second kappa shape index (κ2) is 4.37. The molecule has 1 aromatic carbocycles. The van der Waals surface area contributed by atoms with E-state index in [2.05, 4.69) is 10.3 Å². The molecule has 0 saturated carbocycles. The van der Waals surface area contributed by atoms with Crippen molar-refractivity contribution in [3.05, 3.63) is 52.2 Å². The fourth-order valence-electron chi connectivity index (χ4n) is 1.74. The maximum atomic E-state index is 11.5. The number of hydrogen-bond donors (Lipinski definition) is 2. The average Bonchev–Trinajstić information content (AvgIpc) is 2.61. The van der Waals surface area contributed by atoms with E-state index in [4.69, 9.17) is 0 Å². The van der Waals surface area contributed by atoms with Crippen LogP contribution in [0.3, 0.4) is 0 Å². The number of nitrogens with zero attached hydrogens (tertiary/aromatic N) is 1. The van der Waals surface area contributed by atoms with Gasteiger partial charge in [-0.3, -0.25) is 4.57 Å². The van der Waals surface area contributed by atoms with Crippen LogP contribution in [-0.4, -0.2) is 16.6 Å². The molecule has 4 heteroatoms. The van der Waals surface area contributed by atoms with Crippen molar-refractivity contribution in [2.24, 2.45) is 0 Å². The van der Waals surface area contributed by atoms with Crippen LogP contribution in [0.4, 0.5) is 0 Å². The molecule has 4 nitrogen and oxygen atoms in total. The molecule has 0 saturated heterocycles. The highest BCUT2D eigenvalue weighted by molar-refractivity contribution is 5.36. The normalized spacial score (nSPS) is 10.6. The third-order valence-corrected chi connectivity index (χ3v) is 2.54. The lowest BCUT2D eigenvalue weighted by molar-refractivity contribution is 0.816. The average molecular weight is 217 g/mol. The Morgan fingerprint density at radius 3 is 2.50 bits per heavy atom. The number of aryl methyl sites for hydroxylation is 1. The largest absolute Gasteiger partial charge is 0.330 e. The highest BCUT2D eigenvalue weighted by Crippen LogP contribution is 2.09. The van der Waals surface area contributed by atoms with Crippen LogP contribution in [0.15, 0.2) is 35.3 Å². The van der Waals surface area contributed by atoms with Crippen molar-refractivity contribution in [3.63, 3.8) is 0 Å². The molecule has 1 heterocycles. The summed E-state index contributed by atoms with van der Waals surface area (Å²) in [4.78, 5) is 14.2. The predicted molar refractivity (Wildman–Crippen MR) is 63.9 cm³/mol. The van der Waals surface area contributed by atoms with Crippen molar-refractivity contribution < 1.29 is 0 Å². The molecule has 2 N–H and O–H groups in total. The molecule has 2 aromatic rings. The summed E-state index contributed by atoms with van der Waals surface area (Å²) in [6.07, 6.45) is 1.71. The monoisotopic (exact) mass is 217 g/mol. The lowest BCUT2D eigenvalue weighted by atomic mass is 10.2. The molecule has 0 bridgehead atoms. The summed E-state index contributed by atoms with van der Waals surface area (Å²) in [6.45, 7) is 2.74. The Hall–Kier alpha value is -1.81. The molecule has 16 heavy (non-hydrogen) atoms. The summed E-state index contributed by atoms with van der Waals surface area (Å²) < 4.78 is 1.66. The van der Waals surface area contributed by atoms with Gasteiger partial charge in [0.1, 0.15) is 0 Å². The lowest BCUT2D eigenvalue weighted by Crippen LogP contribution is -2.15. The van der Waals surface area contributed by atoms with Crippen LogP contribution in [0.5, 0.6) is 0 Å². The molecule has 0 aliphatic carbocycles. The number of aromatic amines is 1. The van der Waals surface area contributed by atoms with Crippen molar-refractivity contribution in [2.45, 2.75) is 13.5 Å². The summed E-state index contributed by atoms with van der Waals surface area (Å²) in [5, 5.41) is 3.09. The van der Waals surface area contributed by atoms with Crippen molar-refractivity contribution in [3.8, 4) is 5.69 Å². The minimum Gasteiger partial charge on any atom is -0.316 e. The van der Waals surface area contributed by atoms with Crippen LogP contribution >= 0.6 is 0 Å². The highest BCUT2D eigenvalue weighted by Gasteiger charge is 2.03. The topological polar surface area (TPSA) is 49.8 Å². The fraction of sp³-hybridized carbons (Fsp3) is 0.250. The molecule has 0 atom stereocenters. The summed E-state index contributed by atoms with van der Waals surface area (Å²) in [6, 6.07) is 7.94. The van der Waals surface area contributed by atoms with Crippen molar-refractivity contribution in [1.82, 2.24) is 14.9 Å². The first-order valence-electron chi connectivity index (χ1n) is 5.23. The van der Waals surface area contributed by atoms with Crippen molar-refractivity contribution in [2.75, 3.05) is 7.05 Å². The first-order valence-corrected chi connectivity index (χ1v) is 5.23. The third-order valence-electron chi connectivity index (χ3n) is 2.54. The number of imidazole rings is 1. The van der Waals surface area contributed by atoms with Gasteiger partial charge >= 0.3 is 5.69 Å². The van der Waals surface area contributed by atoms with E-state index in [1.807, 2.05) is 38.2 Å². The number of rotatable bonds is 3. The maximum Gasteiger partial charge on any atom is 0.330 e. The van der Waals surface area contributed by atoms with Gasteiger partial charge in [-0.05, 0) is 31.7 Å². The van der Waals surface area contributed by atoms with Crippen LogP contribution in [0.2, 0.25) is 0 Å². The van der Waals surface area contributed by atoms with E-state index in [1.165, 1.54) is 5.56 Å². The summed E-state index contributed by atoms with van der Waals surface area (Å²) in [5.41, 5.74) is 2.90. The van der Waals surface area contributed by atoms with Crippen molar-refractivity contribution in [1.29, 1.82) is 0 Å². The molecule has 0 aliphatic heterocycles. The molecule has 0 amide bonds. The van der Waals surface area contributed by atoms with Gasteiger partial charge in [0.25, 0.3) is 0 Å². The second-order valence-corrected chi connectivity index (χ2v) is 3.77. The molecule has 0 radical (unpaired) electrons. The highest BCUT2D eigenvalue weighted by atomic mass is 16.1. The predicted octanol–water partition coefficient (Wildman–Crippen LogP) is 1.19. The molecular weight excluding hydrogens is 202 g/mol. The number of hydrogen-bond acceptors (Lipinski definition) is 2. The molecule has 0 unspecified atom stereocenters.